The van der Waals surface area contributed by atoms with Crippen LogP contribution in [0.4, 0.5) is 24.5 Å². The Hall–Kier alpha value is -2.69. The summed E-state index contributed by atoms with van der Waals surface area (Å²) in [5.41, 5.74) is 1.05. The van der Waals surface area contributed by atoms with Crippen molar-refractivity contribution in [3.63, 3.8) is 0 Å². The van der Waals surface area contributed by atoms with Crippen molar-refractivity contribution in [1.82, 2.24) is 9.97 Å². The minimum absolute atomic E-state index is 0.101. The maximum atomic E-state index is 13.4. The van der Waals surface area contributed by atoms with Gasteiger partial charge in [0.25, 0.3) is 12.3 Å². The van der Waals surface area contributed by atoms with Gasteiger partial charge in [-0.1, -0.05) is 6.92 Å². The van der Waals surface area contributed by atoms with E-state index in [9.17, 15) is 17.4 Å². The molecule has 0 unspecified atom stereocenters. The van der Waals surface area contributed by atoms with Crippen LogP contribution in [0.15, 0.2) is 29.5 Å². The molecule has 0 bridgehead atoms. The van der Waals surface area contributed by atoms with Crippen molar-refractivity contribution < 1.29 is 26.9 Å². The van der Waals surface area contributed by atoms with Gasteiger partial charge in [0.15, 0.2) is 5.75 Å². The van der Waals surface area contributed by atoms with E-state index in [0.717, 1.165) is 25.1 Å². The van der Waals surface area contributed by atoms with Crippen LogP contribution in [-0.2, 0) is 10.8 Å². The number of hydrogen-bond donors (Lipinski definition) is 1. The van der Waals surface area contributed by atoms with Gasteiger partial charge in [-0.15, -0.1) is 0 Å². The molecule has 7 nitrogen and oxygen atoms in total. The van der Waals surface area contributed by atoms with E-state index in [2.05, 4.69) is 27.2 Å². The van der Waals surface area contributed by atoms with E-state index in [1.807, 2.05) is 6.21 Å². The van der Waals surface area contributed by atoms with Crippen LogP contribution in [0.1, 0.15) is 19.8 Å². The Balaban J connectivity index is 1.77. The second-order valence-corrected chi connectivity index (χ2v) is 9.01. The fourth-order valence-electron chi connectivity index (χ4n) is 2.90. The zero-order valence-electron chi connectivity index (χ0n) is 17.1. The number of aliphatic imine (C=N–C) groups is 1. The largest absolute Gasteiger partial charge is 0.482 e. The Morgan fingerprint density at radius 1 is 1.29 bits per heavy atom. The molecule has 0 aliphatic carbocycles. The summed E-state index contributed by atoms with van der Waals surface area (Å²) >= 11 is 0. The molecule has 31 heavy (non-hydrogen) atoms. The average Bonchev–Trinajstić information content (AvgIpc) is 2.75. The summed E-state index contributed by atoms with van der Waals surface area (Å²) in [6.45, 7) is 1.16. The zero-order chi connectivity index (χ0) is 22.4. The number of nitrogens with one attached hydrogen (secondary N) is 1. The molecule has 168 valence electrons. The van der Waals surface area contributed by atoms with Gasteiger partial charge in [-0.2, -0.15) is 0 Å². The summed E-state index contributed by atoms with van der Waals surface area (Å²) in [5.74, 6) is 0.238. The van der Waals surface area contributed by atoms with Crippen molar-refractivity contribution >= 4 is 28.4 Å². The number of pyridine rings is 2. The zero-order valence-corrected chi connectivity index (χ0v) is 17.9. The molecule has 0 radical (unpaired) electrons. The Bertz CT molecular complexity index is 965. The van der Waals surface area contributed by atoms with Gasteiger partial charge in [-0.05, 0) is 12.8 Å². The van der Waals surface area contributed by atoms with Gasteiger partial charge >= 0.3 is 0 Å². The molecular weight excluding hydrogens is 433 g/mol. The van der Waals surface area contributed by atoms with Crippen LogP contribution in [0, 0.1) is 11.2 Å². The summed E-state index contributed by atoms with van der Waals surface area (Å²) in [7, 11) is 0.950. The summed E-state index contributed by atoms with van der Waals surface area (Å²) in [6, 6.07) is 2.48. The van der Waals surface area contributed by atoms with Crippen LogP contribution in [0.25, 0.3) is 0 Å². The van der Waals surface area contributed by atoms with Crippen LogP contribution in [0.5, 0.6) is 17.5 Å². The van der Waals surface area contributed by atoms with E-state index in [4.69, 9.17) is 9.47 Å². The molecule has 0 amide bonds. The van der Waals surface area contributed by atoms with Gasteiger partial charge in [0, 0.05) is 53.1 Å². The highest BCUT2D eigenvalue weighted by molar-refractivity contribution is 7.85. The first-order valence-corrected chi connectivity index (χ1v) is 11.1. The van der Waals surface area contributed by atoms with Crippen LogP contribution >= 0.6 is 0 Å². The van der Waals surface area contributed by atoms with Gasteiger partial charge in [0.2, 0.25) is 5.88 Å². The number of anilines is 1. The lowest BCUT2D eigenvalue weighted by atomic mass is 9.86. The number of nitrogens with zero attached hydrogens (tertiary/aromatic N) is 3. The van der Waals surface area contributed by atoms with Crippen LogP contribution in [0.2, 0.25) is 0 Å². The summed E-state index contributed by atoms with van der Waals surface area (Å²) in [6.07, 6.45) is 3.10. The third-order valence-corrected chi connectivity index (χ3v) is 6.11. The molecule has 3 heterocycles. The van der Waals surface area contributed by atoms with Gasteiger partial charge in [-0.3, -0.25) is 9.20 Å². The Kier molecular flexibility index (Phi) is 7.47. The van der Waals surface area contributed by atoms with Gasteiger partial charge in [0.05, 0.1) is 18.1 Å². The van der Waals surface area contributed by atoms with Gasteiger partial charge in [0.1, 0.15) is 18.1 Å². The fraction of sp³-hybridized carbons (Fsp3) is 0.450. The number of ether oxygens (including phenoxy) is 2. The highest BCUT2D eigenvalue weighted by Gasteiger charge is 2.28. The quantitative estimate of drug-likeness (QED) is 0.595. The van der Waals surface area contributed by atoms with Gasteiger partial charge < -0.3 is 14.8 Å². The van der Waals surface area contributed by atoms with Crippen LogP contribution in [0.3, 0.4) is 0 Å². The van der Waals surface area contributed by atoms with Crippen LogP contribution < -0.4 is 14.8 Å². The predicted octanol–water partition coefficient (Wildman–Crippen LogP) is 4.34. The van der Waals surface area contributed by atoms with Crippen molar-refractivity contribution in [1.29, 1.82) is 0 Å². The van der Waals surface area contributed by atoms with Crippen molar-refractivity contribution in [2.45, 2.75) is 26.2 Å². The molecule has 1 aliphatic rings. The van der Waals surface area contributed by atoms with E-state index in [0.29, 0.717) is 22.9 Å². The second-order valence-electron chi connectivity index (χ2n) is 7.31. The van der Waals surface area contributed by atoms with Crippen molar-refractivity contribution in [2.75, 3.05) is 30.5 Å². The smallest absolute Gasteiger partial charge is 0.272 e. The summed E-state index contributed by atoms with van der Waals surface area (Å²) in [5, 5.41) is 3.00. The molecule has 2 aromatic rings. The Labute approximate surface area is 180 Å². The lowest BCUT2D eigenvalue weighted by Crippen LogP contribution is -2.29. The Morgan fingerprint density at radius 2 is 2.03 bits per heavy atom. The molecule has 0 aromatic carbocycles. The predicted molar refractivity (Wildman–Crippen MR) is 113 cm³/mol. The molecule has 1 aliphatic heterocycles. The fourth-order valence-corrected chi connectivity index (χ4v) is 4.50. The Morgan fingerprint density at radius 3 is 2.71 bits per heavy atom. The molecule has 0 saturated carbocycles. The minimum atomic E-state index is -2.73. The van der Waals surface area contributed by atoms with E-state index in [1.54, 1.807) is 13.1 Å². The maximum Gasteiger partial charge on any atom is 0.272 e. The standard InChI is InChI=1S/C20H23F3N4O3S/c1-20(3-5-31(28)6-4-20)12-27-15-10-25-18(8-14(15)24-2)30-19-16(29-11-17(22)23)7-13(21)9-26-19/h7-10,12,17H,3-6,11H2,1-2H3,(H,24,25). The number of rotatable bonds is 8. The first-order chi connectivity index (χ1) is 14.8. The first kappa shape index (κ1) is 23.0. The molecule has 3 rings (SSSR count). The van der Waals surface area contributed by atoms with E-state index < -0.39 is 29.6 Å². The molecular formula is C20H23F3N4O3S. The molecule has 0 atom stereocenters. The topological polar surface area (TPSA) is 85.7 Å². The molecule has 1 N–H and O–H groups in total. The van der Waals surface area contributed by atoms with Crippen LogP contribution in [-0.4, -0.2) is 52.0 Å². The monoisotopic (exact) mass is 456 g/mol. The molecule has 1 saturated heterocycles. The van der Waals surface area contributed by atoms with Crippen molar-refractivity contribution in [2.24, 2.45) is 10.4 Å². The van der Waals surface area contributed by atoms with E-state index in [-0.39, 0.29) is 22.9 Å². The molecule has 0 spiro atoms. The number of halogens is 3. The third-order valence-electron chi connectivity index (χ3n) is 4.80. The highest BCUT2D eigenvalue weighted by atomic mass is 32.2. The average molecular weight is 456 g/mol. The van der Waals surface area contributed by atoms with E-state index in [1.165, 1.54) is 6.20 Å². The number of aromatic nitrogens is 2. The number of alkyl halides is 2. The number of hydrogen-bond acceptors (Lipinski definition) is 7. The van der Waals surface area contributed by atoms with Crippen molar-refractivity contribution in [3.8, 4) is 17.5 Å². The third kappa shape index (κ3) is 6.39. The lowest BCUT2D eigenvalue weighted by molar-refractivity contribution is 0.0801. The first-order valence-electron chi connectivity index (χ1n) is 9.60. The van der Waals surface area contributed by atoms with Gasteiger partial charge in [-0.25, -0.2) is 23.1 Å². The SMILES string of the molecule is CNc1cc(Oc2ncc(F)cc2OCC(F)F)ncc1N=CC1(C)CCS(=O)CC1. The maximum absolute atomic E-state index is 13.4. The lowest BCUT2D eigenvalue weighted by Gasteiger charge is -2.29. The molecule has 1 fully saturated rings. The molecule has 2 aromatic heterocycles. The van der Waals surface area contributed by atoms with E-state index >= 15 is 0 Å². The van der Waals surface area contributed by atoms with Crippen molar-refractivity contribution in [3.05, 3.63) is 30.3 Å². The highest BCUT2D eigenvalue weighted by Crippen LogP contribution is 2.34. The second kappa shape index (κ2) is 10.1. The normalized spacial score (nSPS) is 21.4. The molecule has 11 heteroatoms. The minimum Gasteiger partial charge on any atom is -0.482 e. The summed E-state index contributed by atoms with van der Waals surface area (Å²) in [4.78, 5) is 12.5. The summed E-state index contributed by atoms with van der Waals surface area (Å²) < 4.78 is 60.3.